The smallest absolute Gasteiger partial charge is 0.288 e. The number of fused-ring (bicyclic) bond motifs is 1. The maximum Gasteiger partial charge on any atom is 0.288 e. The number of pyridine rings is 2. The van der Waals surface area contributed by atoms with Crippen molar-refractivity contribution in [2.45, 2.75) is 6.54 Å². The van der Waals surface area contributed by atoms with Gasteiger partial charge in [0.05, 0.1) is 17.8 Å². The van der Waals surface area contributed by atoms with Crippen molar-refractivity contribution in [1.82, 2.24) is 19.7 Å². The fraction of sp³-hybridized carbons (Fsp3) is 0.0909. The molecule has 0 bridgehead atoms. The van der Waals surface area contributed by atoms with Crippen LogP contribution < -0.4 is 10.2 Å². The third-order valence-electron chi connectivity index (χ3n) is 4.56. The normalized spacial score (nSPS) is 10.7. The summed E-state index contributed by atoms with van der Waals surface area (Å²) in [5, 5.41) is 2.81. The molecule has 29 heavy (non-hydrogen) atoms. The van der Waals surface area contributed by atoms with E-state index in [4.69, 9.17) is 0 Å². The van der Waals surface area contributed by atoms with Crippen LogP contribution in [0.5, 0.6) is 0 Å². The molecule has 0 fully saturated rings. The van der Waals surface area contributed by atoms with Crippen molar-refractivity contribution in [1.29, 1.82) is 0 Å². The van der Waals surface area contributed by atoms with Crippen LogP contribution in [0.3, 0.4) is 0 Å². The van der Waals surface area contributed by atoms with Gasteiger partial charge in [-0.1, -0.05) is 30.3 Å². The Balaban J connectivity index is 1.64. The minimum absolute atomic E-state index is 0.154. The molecule has 2 amide bonds. The molecule has 7 heteroatoms. The van der Waals surface area contributed by atoms with Crippen LogP contribution in [-0.2, 0) is 6.54 Å². The SMILES string of the molecule is CN(C(=O)c1nc(C(=O)NCc2ccccn2)n2ccccc12)c1ccccc1. The molecule has 0 radical (unpaired) electrons. The number of carbonyl (C=O) groups excluding carboxylic acids is 2. The highest BCUT2D eigenvalue weighted by Gasteiger charge is 2.24. The number of benzene rings is 1. The van der Waals surface area contributed by atoms with E-state index < -0.39 is 0 Å². The zero-order chi connectivity index (χ0) is 20.2. The Labute approximate surface area is 167 Å². The largest absolute Gasteiger partial charge is 0.344 e. The van der Waals surface area contributed by atoms with Crippen LogP contribution >= 0.6 is 0 Å². The van der Waals surface area contributed by atoms with E-state index in [0.29, 0.717) is 5.52 Å². The summed E-state index contributed by atoms with van der Waals surface area (Å²) in [6.07, 6.45) is 3.39. The molecule has 0 aliphatic rings. The van der Waals surface area contributed by atoms with Gasteiger partial charge in [-0.25, -0.2) is 4.98 Å². The molecule has 7 nitrogen and oxygen atoms in total. The van der Waals surface area contributed by atoms with Crippen molar-refractivity contribution in [2.75, 3.05) is 11.9 Å². The highest BCUT2D eigenvalue weighted by Crippen LogP contribution is 2.19. The van der Waals surface area contributed by atoms with E-state index in [2.05, 4.69) is 15.3 Å². The predicted octanol–water partition coefficient (Wildman–Crippen LogP) is 2.94. The highest BCUT2D eigenvalue weighted by atomic mass is 16.2. The number of nitrogens with one attached hydrogen (secondary N) is 1. The van der Waals surface area contributed by atoms with Crippen molar-refractivity contribution in [3.63, 3.8) is 0 Å². The van der Waals surface area contributed by atoms with Gasteiger partial charge in [0.2, 0.25) is 5.82 Å². The number of nitrogens with zero attached hydrogens (tertiary/aromatic N) is 4. The fourth-order valence-electron chi connectivity index (χ4n) is 3.04. The number of hydrogen-bond donors (Lipinski definition) is 1. The number of imidazole rings is 1. The zero-order valence-corrected chi connectivity index (χ0v) is 15.8. The maximum absolute atomic E-state index is 13.1. The first-order valence-electron chi connectivity index (χ1n) is 9.13. The first-order valence-corrected chi connectivity index (χ1v) is 9.13. The summed E-state index contributed by atoms with van der Waals surface area (Å²) in [4.78, 5) is 35.9. The highest BCUT2D eigenvalue weighted by molar-refractivity contribution is 6.10. The molecule has 0 spiro atoms. The second-order valence-corrected chi connectivity index (χ2v) is 6.44. The Morgan fingerprint density at radius 1 is 1.00 bits per heavy atom. The molecule has 4 aromatic rings. The molecular formula is C22H19N5O2. The monoisotopic (exact) mass is 385 g/mol. The van der Waals surface area contributed by atoms with Gasteiger partial charge in [-0.2, -0.15) is 0 Å². The van der Waals surface area contributed by atoms with Crippen LogP contribution in [0.15, 0.2) is 79.1 Å². The lowest BCUT2D eigenvalue weighted by atomic mass is 10.2. The molecule has 3 heterocycles. The van der Waals surface area contributed by atoms with E-state index in [1.165, 1.54) is 4.90 Å². The third kappa shape index (κ3) is 3.70. The fourth-order valence-corrected chi connectivity index (χ4v) is 3.04. The van der Waals surface area contributed by atoms with Gasteiger partial charge in [0.1, 0.15) is 0 Å². The van der Waals surface area contributed by atoms with E-state index in [0.717, 1.165) is 11.4 Å². The van der Waals surface area contributed by atoms with E-state index >= 15 is 0 Å². The molecule has 4 rings (SSSR count). The van der Waals surface area contributed by atoms with E-state index in [9.17, 15) is 9.59 Å². The second kappa shape index (κ2) is 7.93. The summed E-state index contributed by atoms with van der Waals surface area (Å²) < 4.78 is 1.62. The summed E-state index contributed by atoms with van der Waals surface area (Å²) >= 11 is 0. The van der Waals surface area contributed by atoms with E-state index in [-0.39, 0.29) is 29.9 Å². The first-order chi connectivity index (χ1) is 14.1. The minimum atomic E-state index is -0.377. The molecule has 0 atom stereocenters. The number of carbonyl (C=O) groups is 2. The van der Waals surface area contributed by atoms with Crippen LogP contribution in [0.2, 0.25) is 0 Å². The molecule has 0 aliphatic heterocycles. The molecular weight excluding hydrogens is 366 g/mol. The Kier molecular flexibility index (Phi) is 5.03. The minimum Gasteiger partial charge on any atom is -0.344 e. The van der Waals surface area contributed by atoms with Gasteiger partial charge in [0.15, 0.2) is 5.69 Å². The van der Waals surface area contributed by atoms with Crippen molar-refractivity contribution in [2.24, 2.45) is 0 Å². The van der Waals surface area contributed by atoms with Gasteiger partial charge >= 0.3 is 0 Å². The molecule has 1 N–H and O–H groups in total. The van der Waals surface area contributed by atoms with Crippen LogP contribution in [0.4, 0.5) is 5.69 Å². The standard InChI is InChI=1S/C22H19N5O2/c1-26(17-10-3-2-4-11-17)22(29)19-18-12-6-8-14-27(18)20(25-19)21(28)24-15-16-9-5-7-13-23-16/h2-14H,15H2,1H3,(H,24,28). The van der Waals surface area contributed by atoms with Crippen molar-refractivity contribution >= 4 is 23.0 Å². The van der Waals surface area contributed by atoms with Gasteiger partial charge in [-0.3, -0.25) is 19.0 Å². The van der Waals surface area contributed by atoms with Crippen LogP contribution in [0, 0.1) is 0 Å². The van der Waals surface area contributed by atoms with Gasteiger partial charge in [-0.15, -0.1) is 0 Å². The number of anilines is 1. The average molecular weight is 385 g/mol. The molecule has 144 valence electrons. The summed E-state index contributed by atoms with van der Waals surface area (Å²) in [7, 11) is 1.69. The molecule has 0 unspecified atom stereocenters. The summed E-state index contributed by atoms with van der Waals surface area (Å²) in [5.41, 5.74) is 2.28. The lowest BCUT2D eigenvalue weighted by molar-refractivity contribution is 0.0939. The Morgan fingerprint density at radius 3 is 2.52 bits per heavy atom. The summed E-state index contributed by atoms with van der Waals surface area (Å²) in [6.45, 7) is 0.272. The van der Waals surface area contributed by atoms with Gasteiger partial charge in [0, 0.05) is 25.1 Å². The quantitative estimate of drug-likeness (QED) is 0.573. The number of aromatic nitrogens is 3. The number of hydrogen-bond acceptors (Lipinski definition) is 4. The van der Waals surface area contributed by atoms with Crippen molar-refractivity contribution < 1.29 is 9.59 Å². The van der Waals surface area contributed by atoms with Crippen molar-refractivity contribution in [3.05, 3.63) is 96.3 Å². The number of rotatable bonds is 5. The maximum atomic E-state index is 13.1. The lowest BCUT2D eigenvalue weighted by Crippen LogP contribution is -2.27. The first kappa shape index (κ1) is 18.4. The average Bonchev–Trinajstić information content (AvgIpc) is 3.17. The Bertz CT molecular complexity index is 1160. The molecule has 1 aromatic carbocycles. The second-order valence-electron chi connectivity index (χ2n) is 6.44. The number of amides is 2. The Morgan fingerprint density at radius 2 is 1.76 bits per heavy atom. The van der Waals surface area contributed by atoms with Gasteiger partial charge in [-0.05, 0) is 36.4 Å². The van der Waals surface area contributed by atoms with Crippen LogP contribution in [0.25, 0.3) is 5.52 Å². The van der Waals surface area contributed by atoms with E-state index in [1.807, 2.05) is 54.6 Å². The van der Waals surface area contributed by atoms with Crippen molar-refractivity contribution in [3.8, 4) is 0 Å². The topological polar surface area (TPSA) is 79.6 Å². The zero-order valence-electron chi connectivity index (χ0n) is 15.8. The molecule has 0 saturated carbocycles. The Hall–Kier alpha value is -4.00. The molecule has 0 aliphatic carbocycles. The summed E-state index contributed by atoms with van der Waals surface area (Å²) in [6, 6.07) is 20.2. The van der Waals surface area contributed by atoms with Crippen LogP contribution in [-0.4, -0.2) is 33.2 Å². The summed E-state index contributed by atoms with van der Waals surface area (Å²) in [5.74, 6) is -0.511. The van der Waals surface area contributed by atoms with Crippen LogP contribution in [0.1, 0.15) is 26.8 Å². The third-order valence-corrected chi connectivity index (χ3v) is 4.56. The number of para-hydroxylation sites is 1. The van der Waals surface area contributed by atoms with Gasteiger partial charge < -0.3 is 10.2 Å². The molecule has 3 aromatic heterocycles. The van der Waals surface area contributed by atoms with E-state index in [1.54, 1.807) is 36.0 Å². The predicted molar refractivity (Wildman–Crippen MR) is 110 cm³/mol. The van der Waals surface area contributed by atoms with Gasteiger partial charge in [0.25, 0.3) is 11.8 Å². The molecule has 0 saturated heterocycles. The lowest BCUT2D eigenvalue weighted by Gasteiger charge is -2.16.